The van der Waals surface area contributed by atoms with E-state index in [0.29, 0.717) is 13.0 Å². The maximum Gasteiger partial charge on any atom is 0.308 e. The molecule has 0 amide bonds. The van der Waals surface area contributed by atoms with Gasteiger partial charge >= 0.3 is 5.97 Å². The third kappa shape index (κ3) is 3.88. The largest absolute Gasteiger partial charge is 0.504 e. The zero-order chi connectivity index (χ0) is 17.0. The first kappa shape index (κ1) is 17.0. The van der Waals surface area contributed by atoms with Crippen LogP contribution in [0.4, 0.5) is 0 Å². The Hall–Kier alpha value is -2.38. The highest BCUT2D eigenvalue weighted by molar-refractivity contribution is 7.91. The van der Waals surface area contributed by atoms with Gasteiger partial charge in [-0.3, -0.25) is 4.79 Å². The maximum absolute atomic E-state index is 12.6. The summed E-state index contributed by atoms with van der Waals surface area (Å²) in [7, 11) is -3.78. The van der Waals surface area contributed by atoms with E-state index in [9.17, 15) is 18.3 Å². The van der Waals surface area contributed by atoms with Gasteiger partial charge in [0, 0.05) is 13.0 Å². The number of hydrogen-bond acceptors (Lipinski definition) is 6. The highest BCUT2D eigenvalue weighted by atomic mass is 32.2. The predicted octanol–water partition coefficient (Wildman–Crippen LogP) is 1.65. The SMILES string of the molecule is CC(=O)Oc1cc(S(=O)(=O)c2ccc(CCN)cc2)ccc1O. The Labute approximate surface area is 134 Å². The number of esters is 1. The van der Waals surface area contributed by atoms with E-state index in [-0.39, 0.29) is 21.3 Å². The van der Waals surface area contributed by atoms with Gasteiger partial charge in [-0.25, -0.2) is 8.42 Å². The fourth-order valence-corrected chi connectivity index (χ4v) is 3.31. The average molecular weight is 335 g/mol. The zero-order valence-corrected chi connectivity index (χ0v) is 13.3. The number of phenols is 1. The molecule has 0 radical (unpaired) electrons. The number of carbonyl (C=O) groups excluding carboxylic acids is 1. The highest BCUT2D eigenvalue weighted by Crippen LogP contribution is 2.31. The van der Waals surface area contributed by atoms with Crippen molar-refractivity contribution in [2.24, 2.45) is 5.73 Å². The summed E-state index contributed by atoms with van der Waals surface area (Å²) in [4.78, 5) is 11.0. The van der Waals surface area contributed by atoms with Crippen LogP contribution in [0.5, 0.6) is 11.5 Å². The van der Waals surface area contributed by atoms with Crippen molar-refractivity contribution in [2.45, 2.75) is 23.1 Å². The summed E-state index contributed by atoms with van der Waals surface area (Å²) >= 11 is 0. The Kier molecular flexibility index (Phi) is 5.02. The zero-order valence-electron chi connectivity index (χ0n) is 12.5. The van der Waals surface area contributed by atoms with Crippen molar-refractivity contribution in [2.75, 3.05) is 6.54 Å². The molecule has 0 fully saturated rings. The molecular formula is C16H17NO5S. The molecule has 0 aliphatic heterocycles. The van der Waals surface area contributed by atoms with Crippen molar-refractivity contribution in [3.8, 4) is 11.5 Å². The molecule has 0 aliphatic carbocycles. The first-order valence-corrected chi connectivity index (χ1v) is 8.38. The van der Waals surface area contributed by atoms with Crippen LogP contribution in [0.15, 0.2) is 52.3 Å². The first-order valence-electron chi connectivity index (χ1n) is 6.90. The van der Waals surface area contributed by atoms with Crippen LogP contribution >= 0.6 is 0 Å². The van der Waals surface area contributed by atoms with E-state index in [4.69, 9.17) is 10.5 Å². The number of sulfone groups is 1. The quantitative estimate of drug-likeness (QED) is 0.635. The lowest BCUT2D eigenvalue weighted by molar-refractivity contribution is -0.132. The number of nitrogens with two attached hydrogens (primary N) is 1. The Balaban J connectivity index is 2.41. The van der Waals surface area contributed by atoms with Gasteiger partial charge in [-0.1, -0.05) is 12.1 Å². The molecule has 0 unspecified atom stereocenters. The van der Waals surface area contributed by atoms with Gasteiger partial charge in [0.25, 0.3) is 0 Å². The van der Waals surface area contributed by atoms with Crippen molar-refractivity contribution in [3.63, 3.8) is 0 Å². The summed E-state index contributed by atoms with van der Waals surface area (Å²) in [5.41, 5.74) is 6.40. The summed E-state index contributed by atoms with van der Waals surface area (Å²) in [6.07, 6.45) is 0.663. The monoisotopic (exact) mass is 335 g/mol. The number of carbonyl (C=O) groups is 1. The van der Waals surface area contributed by atoms with Crippen LogP contribution in [0.3, 0.4) is 0 Å². The molecule has 23 heavy (non-hydrogen) atoms. The highest BCUT2D eigenvalue weighted by Gasteiger charge is 2.20. The van der Waals surface area contributed by atoms with Crippen LogP contribution in [-0.4, -0.2) is 26.0 Å². The molecule has 0 atom stereocenters. The van der Waals surface area contributed by atoms with Gasteiger partial charge in [0.05, 0.1) is 9.79 Å². The molecule has 0 saturated heterocycles. The molecule has 3 N–H and O–H groups in total. The lowest BCUT2D eigenvalue weighted by atomic mass is 10.2. The van der Waals surface area contributed by atoms with Crippen molar-refractivity contribution < 1.29 is 23.1 Å². The van der Waals surface area contributed by atoms with E-state index in [2.05, 4.69) is 0 Å². The van der Waals surface area contributed by atoms with Crippen molar-refractivity contribution >= 4 is 15.8 Å². The minimum Gasteiger partial charge on any atom is -0.504 e. The normalized spacial score (nSPS) is 11.2. The number of aromatic hydroxyl groups is 1. The summed E-state index contributed by atoms with van der Waals surface area (Å²) in [6, 6.07) is 9.96. The summed E-state index contributed by atoms with van der Waals surface area (Å²) in [5, 5.41) is 9.63. The smallest absolute Gasteiger partial charge is 0.308 e. The van der Waals surface area contributed by atoms with E-state index in [1.165, 1.54) is 24.3 Å². The lowest BCUT2D eigenvalue weighted by Gasteiger charge is -2.09. The molecule has 6 nitrogen and oxygen atoms in total. The predicted molar refractivity (Wildman–Crippen MR) is 84.1 cm³/mol. The van der Waals surface area contributed by atoms with Crippen LogP contribution in [0.1, 0.15) is 12.5 Å². The molecular weight excluding hydrogens is 318 g/mol. The number of ether oxygens (including phenoxy) is 1. The van der Waals surface area contributed by atoms with E-state index in [0.717, 1.165) is 18.6 Å². The Bertz CT molecular complexity index is 813. The number of benzene rings is 2. The molecule has 0 bridgehead atoms. The fraction of sp³-hybridized carbons (Fsp3) is 0.188. The van der Waals surface area contributed by atoms with Gasteiger partial charge < -0.3 is 15.6 Å². The number of phenolic OH excluding ortho intramolecular Hbond substituents is 1. The topological polar surface area (TPSA) is 107 Å². The summed E-state index contributed by atoms with van der Waals surface area (Å²) in [5.74, 6) is -1.16. The molecule has 0 heterocycles. The van der Waals surface area contributed by atoms with Gasteiger partial charge in [-0.2, -0.15) is 0 Å². The van der Waals surface area contributed by atoms with Gasteiger partial charge in [-0.05, 0) is 42.8 Å². The summed E-state index contributed by atoms with van der Waals surface area (Å²) in [6.45, 7) is 1.65. The number of rotatable bonds is 5. The van der Waals surface area contributed by atoms with Crippen molar-refractivity contribution in [3.05, 3.63) is 48.0 Å². The van der Waals surface area contributed by atoms with Crippen LogP contribution in [-0.2, 0) is 21.1 Å². The minimum absolute atomic E-state index is 0.0712. The lowest BCUT2D eigenvalue weighted by Crippen LogP contribution is -2.06. The van der Waals surface area contributed by atoms with Gasteiger partial charge in [-0.15, -0.1) is 0 Å². The minimum atomic E-state index is -3.78. The molecule has 7 heteroatoms. The molecule has 2 rings (SSSR count). The van der Waals surface area contributed by atoms with Crippen LogP contribution in [0.2, 0.25) is 0 Å². The van der Waals surface area contributed by atoms with Crippen LogP contribution in [0, 0.1) is 0 Å². The van der Waals surface area contributed by atoms with E-state index in [1.54, 1.807) is 12.1 Å². The molecule has 0 spiro atoms. The van der Waals surface area contributed by atoms with Crippen LogP contribution < -0.4 is 10.5 Å². The van der Waals surface area contributed by atoms with Gasteiger partial charge in [0.1, 0.15) is 0 Å². The molecule has 0 saturated carbocycles. The standard InChI is InChI=1S/C16H17NO5S/c1-11(18)22-16-10-14(6-7-15(16)19)23(20,21)13-4-2-12(3-5-13)8-9-17/h2-7,10,19H,8-9,17H2,1H3. The van der Waals surface area contributed by atoms with E-state index >= 15 is 0 Å². The second-order valence-corrected chi connectivity index (χ2v) is 6.86. The van der Waals surface area contributed by atoms with Crippen LogP contribution in [0.25, 0.3) is 0 Å². The van der Waals surface area contributed by atoms with Gasteiger partial charge in [0.2, 0.25) is 9.84 Å². The van der Waals surface area contributed by atoms with Crippen molar-refractivity contribution in [1.29, 1.82) is 0 Å². The third-order valence-corrected chi connectivity index (χ3v) is 4.93. The van der Waals surface area contributed by atoms with E-state index in [1.807, 2.05) is 0 Å². The average Bonchev–Trinajstić information content (AvgIpc) is 2.50. The summed E-state index contributed by atoms with van der Waals surface area (Å²) < 4.78 is 30.0. The second kappa shape index (κ2) is 6.80. The fourth-order valence-electron chi connectivity index (χ4n) is 2.04. The third-order valence-electron chi connectivity index (χ3n) is 3.16. The first-order chi connectivity index (χ1) is 10.8. The molecule has 0 aromatic heterocycles. The molecule has 2 aromatic carbocycles. The second-order valence-electron chi connectivity index (χ2n) is 4.91. The Morgan fingerprint density at radius 3 is 2.30 bits per heavy atom. The molecule has 0 aliphatic rings. The van der Waals surface area contributed by atoms with Gasteiger partial charge in [0.15, 0.2) is 11.5 Å². The molecule has 2 aromatic rings. The Morgan fingerprint density at radius 2 is 1.74 bits per heavy atom. The van der Waals surface area contributed by atoms with E-state index < -0.39 is 15.8 Å². The van der Waals surface area contributed by atoms with Crippen molar-refractivity contribution in [1.82, 2.24) is 0 Å². The Morgan fingerprint density at radius 1 is 1.13 bits per heavy atom. The maximum atomic E-state index is 12.6. The molecule has 122 valence electrons. The number of hydrogen-bond donors (Lipinski definition) is 2.